The first-order valence-electron chi connectivity index (χ1n) is 7.37. The minimum Gasteiger partial charge on any atom is -0.314 e. The quantitative estimate of drug-likeness (QED) is 0.807. The first-order valence-corrected chi connectivity index (χ1v) is 7.37. The Bertz CT molecular complexity index is 319. The molecule has 2 aliphatic carbocycles. The van der Waals surface area contributed by atoms with Crippen molar-refractivity contribution in [3.8, 4) is 0 Å². The van der Waals surface area contributed by atoms with E-state index < -0.39 is 12.1 Å². The lowest BCUT2D eigenvalue weighted by Gasteiger charge is -2.31. The molecule has 112 valence electrons. The molecule has 2 rings (SSSR count). The van der Waals surface area contributed by atoms with Crippen molar-refractivity contribution in [1.29, 1.82) is 0 Å². The van der Waals surface area contributed by atoms with Gasteiger partial charge in [0.2, 0.25) is 0 Å². The van der Waals surface area contributed by atoms with Crippen molar-refractivity contribution in [3.63, 3.8) is 0 Å². The molecular formula is C15H26F3N. The minimum absolute atomic E-state index is 0.0487. The van der Waals surface area contributed by atoms with Crippen molar-refractivity contribution in [1.82, 2.24) is 5.32 Å². The highest BCUT2D eigenvalue weighted by Gasteiger charge is 2.64. The summed E-state index contributed by atoms with van der Waals surface area (Å²) in [5, 5.41) is 3.40. The van der Waals surface area contributed by atoms with Crippen LogP contribution in [0.4, 0.5) is 13.2 Å². The summed E-state index contributed by atoms with van der Waals surface area (Å²) in [5.74, 6) is -0.523. The van der Waals surface area contributed by atoms with E-state index in [1.165, 1.54) is 0 Å². The zero-order chi connectivity index (χ0) is 14.5. The van der Waals surface area contributed by atoms with Gasteiger partial charge in [-0.25, -0.2) is 0 Å². The van der Waals surface area contributed by atoms with E-state index in [0.29, 0.717) is 29.6 Å². The van der Waals surface area contributed by atoms with Gasteiger partial charge in [0.25, 0.3) is 0 Å². The zero-order valence-corrected chi connectivity index (χ0v) is 12.4. The van der Waals surface area contributed by atoms with Gasteiger partial charge in [0.05, 0.1) is 5.92 Å². The lowest BCUT2D eigenvalue weighted by atomic mass is 9.85. The summed E-state index contributed by atoms with van der Waals surface area (Å²) >= 11 is 0. The monoisotopic (exact) mass is 277 g/mol. The van der Waals surface area contributed by atoms with Crippen molar-refractivity contribution in [2.75, 3.05) is 6.54 Å². The van der Waals surface area contributed by atoms with Gasteiger partial charge < -0.3 is 5.32 Å². The molecule has 2 fully saturated rings. The van der Waals surface area contributed by atoms with Gasteiger partial charge >= 0.3 is 6.18 Å². The summed E-state index contributed by atoms with van der Waals surface area (Å²) in [5.41, 5.74) is 0.607. The Hall–Kier alpha value is -0.250. The Balaban J connectivity index is 1.82. The summed E-state index contributed by atoms with van der Waals surface area (Å²) in [6.45, 7) is 9.85. The fraction of sp³-hybridized carbons (Fsp3) is 1.00. The number of hydrogen-bond donors (Lipinski definition) is 1. The van der Waals surface area contributed by atoms with Crippen LogP contribution in [0.3, 0.4) is 0 Å². The highest BCUT2D eigenvalue weighted by Crippen LogP contribution is 2.68. The third kappa shape index (κ3) is 2.79. The molecule has 0 saturated heterocycles. The lowest BCUT2D eigenvalue weighted by Crippen LogP contribution is -2.40. The first-order chi connectivity index (χ1) is 8.57. The smallest absolute Gasteiger partial charge is 0.314 e. The van der Waals surface area contributed by atoms with Gasteiger partial charge in [0.15, 0.2) is 0 Å². The third-order valence-electron chi connectivity index (χ3n) is 6.07. The van der Waals surface area contributed by atoms with E-state index in [0.717, 1.165) is 13.0 Å². The van der Waals surface area contributed by atoms with E-state index in [4.69, 9.17) is 0 Å². The summed E-state index contributed by atoms with van der Waals surface area (Å²) in [6.07, 6.45) is -1.86. The predicted molar refractivity (Wildman–Crippen MR) is 70.9 cm³/mol. The molecule has 0 heterocycles. The molecule has 2 saturated carbocycles. The highest BCUT2D eigenvalue weighted by molar-refractivity contribution is 5.13. The van der Waals surface area contributed by atoms with Crippen LogP contribution in [0, 0.1) is 22.7 Å². The molecule has 0 aliphatic heterocycles. The highest BCUT2D eigenvalue weighted by atomic mass is 19.4. The van der Waals surface area contributed by atoms with E-state index in [1.807, 2.05) is 0 Å². The van der Waals surface area contributed by atoms with E-state index in [1.54, 1.807) is 0 Å². The van der Waals surface area contributed by atoms with Crippen LogP contribution in [0.15, 0.2) is 0 Å². The van der Waals surface area contributed by atoms with Gasteiger partial charge in [0, 0.05) is 6.04 Å². The molecule has 1 nitrogen and oxygen atoms in total. The number of hydrogen-bond acceptors (Lipinski definition) is 1. The molecular weight excluding hydrogens is 251 g/mol. The summed E-state index contributed by atoms with van der Waals surface area (Å²) in [6, 6.07) is 0.0487. The lowest BCUT2D eigenvalue weighted by molar-refractivity contribution is -0.183. The molecule has 2 aliphatic rings. The van der Waals surface area contributed by atoms with Crippen LogP contribution in [0.1, 0.15) is 53.4 Å². The second-order valence-electron chi connectivity index (χ2n) is 7.51. The Labute approximate surface area is 114 Å². The van der Waals surface area contributed by atoms with Gasteiger partial charge in [-0.3, -0.25) is 0 Å². The van der Waals surface area contributed by atoms with Gasteiger partial charge in [-0.1, -0.05) is 34.1 Å². The van der Waals surface area contributed by atoms with Crippen LogP contribution in [-0.2, 0) is 0 Å². The van der Waals surface area contributed by atoms with Crippen molar-refractivity contribution in [3.05, 3.63) is 0 Å². The molecule has 0 aromatic heterocycles. The number of halogens is 3. The van der Waals surface area contributed by atoms with E-state index in [-0.39, 0.29) is 12.5 Å². The largest absolute Gasteiger partial charge is 0.391 e. The summed E-state index contributed by atoms with van der Waals surface area (Å²) < 4.78 is 38.2. The third-order valence-corrected chi connectivity index (χ3v) is 6.07. The number of alkyl halides is 3. The van der Waals surface area contributed by atoms with Gasteiger partial charge in [-0.15, -0.1) is 0 Å². The Morgan fingerprint density at radius 2 is 1.63 bits per heavy atom. The van der Waals surface area contributed by atoms with Crippen LogP contribution in [-0.4, -0.2) is 18.8 Å². The maximum Gasteiger partial charge on any atom is 0.391 e. The maximum atomic E-state index is 12.7. The molecule has 0 radical (unpaired) electrons. The normalized spacial score (nSPS) is 34.3. The number of rotatable bonds is 3. The fourth-order valence-electron chi connectivity index (χ4n) is 3.80. The average Bonchev–Trinajstić information content (AvgIpc) is 2.66. The van der Waals surface area contributed by atoms with Crippen LogP contribution >= 0.6 is 0 Å². The molecule has 0 amide bonds. The first kappa shape index (κ1) is 15.1. The molecule has 0 bridgehead atoms. The molecule has 0 spiro atoms. The summed E-state index contributed by atoms with van der Waals surface area (Å²) in [4.78, 5) is 0. The molecule has 4 heteroatoms. The maximum absolute atomic E-state index is 12.7. The molecule has 19 heavy (non-hydrogen) atoms. The summed E-state index contributed by atoms with van der Waals surface area (Å²) in [7, 11) is 0. The van der Waals surface area contributed by atoms with Crippen LogP contribution in [0.25, 0.3) is 0 Å². The van der Waals surface area contributed by atoms with Crippen LogP contribution in [0.2, 0.25) is 0 Å². The number of nitrogens with one attached hydrogen (secondary N) is 1. The Morgan fingerprint density at radius 1 is 1.05 bits per heavy atom. The second-order valence-corrected chi connectivity index (χ2v) is 7.51. The molecule has 0 aromatic rings. The van der Waals surface area contributed by atoms with Crippen molar-refractivity contribution < 1.29 is 13.2 Å². The van der Waals surface area contributed by atoms with Crippen molar-refractivity contribution in [2.45, 2.75) is 65.6 Å². The fourth-order valence-corrected chi connectivity index (χ4v) is 3.80. The van der Waals surface area contributed by atoms with Gasteiger partial charge in [0.1, 0.15) is 0 Å². The Morgan fingerprint density at radius 3 is 2.11 bits per heavy atom. The van der Waals surface area contributed by atoms with E-state index in [2.05, 4.69) is 33.0 Å². The standard InChI is InChI=1S/C15H26F3N/c1-13(2)12(14(13,3)4)9-19-11-7-5-6-10(8-11)15(16,17)18/h10-12,19H,5-9H2,1-4H3. The van der Waals surface area contributed by atoms with Gasteiger partial charge in [-0.05, 0) is 42.6 Å². The van der Waals surface area contributed by atoms with Crippen molar-refractivity contribution >= 4 is 0 Å². The van der Waals surface area contributed by atoms with Crippen LogP contribution in [0.5, 0.6) is 0 Å². The van der Waals surface area contributed by atoms with Crippen LogP contribution < -0.4 is 5.32 Å². The zero-order valence-electron chi connectivity index (χ0n) is 12.4. The average molecular weight is 277 g/mol. The molecule has 1 N–H and O–H groups in total. The van der Waals surface area contributed by atoms with E-state index >= 15 is 0 Å². The topological polar surface area (TPSA) is 12.0 Å². The second kappa shape index (κ2) is 4.64. The molecule has 2 unspecified atom stereocenters. The van der Waals surface area contributed by atoms with E-state index in [9.17, 15) is 13.2 Å². The molecule has 2 atom stereocenters. The van der Waals surface area contributed by atoms with Gasteiger partial charge in [-0.2, -0.15) is 13.2 Å². The van der Waals surface area contributed by atoms with Crippen molar-refractivity contribution in [2.24, 2.45) is 22.7 Å². The Kier molecular flexibility index (Phi) is 3.70. The minimum atomic E-state index is -4.02. The molecule has 0 aromatic carbocycles. The SMILES string of the molecule is CC1(C)C(CNC2CCCC(C(F)(F)F)C2)C1(C)C. The predicted octanol–water partition coefficient (Wildman–Crippen LogP) is 4.38.